The summed E-state index contributed by atoms with van der Waals surface area (Å²) in [7, 11) is 0. The Hall–Kier alpha value is 0. The highest BCUT2D eigenvalue weighted by atomic mass is 14.5. The number of unbranched alkanes of at least 4 members (excludes halogenated alkanes) is 1. The van der Waals surface area contributed by atoms with Gasteiger partial charge in [0.2, 0.25) is 0 Å². The number of hydrogen-bond acceptors (Lipinski definition) is 0. The Morgan fingerprint density at radius 3 is 1.65 bits per heavy atom. The molecule has 0 aliphatic rings. The van der Waals surface area contributed by atoms with Gasteiger partial charge >= 0.3 is 0 Å². The van der Waals surface area contributed by atoms with E-state index in [9.17, 15) is 0 Å². The average Bonchev–Trinajstić information content (AvgIpc) is 2.19. The van der Waals surface area contributed by atoms with Crippen molar-refractivity contribution >= 4 is 0 Å². The van der Waals surface area contributed by atoms with E-state index < -0.39 is 0 Å². The maximum atomic E-state index is 2.53. The van der Waals surface area contributed by atoms with E-state index in [1.54, 1.807) is 0 Å². The lowest BCUT2D eigenvalue weighted by molar-refractivity contribution is 0.118. The summed E-state index contributed by atoms with van der Waals surface area (Å²) in [4.78, 5) is 0. The van der Waals surface area contributed by atoms with Gasteiger partial charge in [-0.3, -0.25) is 0 Å². The Kier molecular flexibility index (Phi) is 7.32. The van der Waals surface area contributed by atoms with Crippen molar-refractivity contribution in [2.75, 3.05) is 0 Å². The van der Waals surface area contributed by atoms with Gasteiger partial charge in [0.25, 0.3) is 0 Å². The Balaban J connectivity index is 5.29. The first-order valence-electron chi connectivity index (χ1n) is 8.67. The fourth-order valence-electron chi connectivity index (χ4n) is 3.45. The van der Waals surface area contributed by atoms with Gasteiger partial charge in [0.15, 0.2) is 0 Å². The molecule has 0 heterocycles. The molecule has 0 rings (SSSR count). The summed E-state index contributed by atoms with van der Waals surface area (Å²) in [5, 5.41) is 0. The number of rotatable bonds is 7. The van der Waals surface area contributed by atoms with Crippen LogP contribution in [0.25, 0.3) is 0 Å². The minimum absolute atomic E-state index is 0.376. The van der Waals surface area contributed by atoms with Gasteiger partial charge in [-0.15, -0.1) is 0 Å². The molecule has 0 amide bonds. The Labute approximate surface area is 130 Å². The molecule has 1 unspecified atom stereocenters. The summed E-state index contributed by atoms with van der Waals surface area (Å²) in [6, 6.07) is 0. The van der Waals surface area contributed by atoms with Crippen LogP contribution in [0.2, 0.25) is 0 Å². The molecule has 0 aliphatic carbocycles. The van der Waals surface area contributed by atoms with Crippen LogP contribution in [0.3, 0.4) is 0 Å². The lowest BCUT2D eigenvalue weighted by atomic mass is 9.58. The van der Waals surface area contributed by atoms with Crippen molar-refractivity contribution in [3.63, 3.8) is 0 Å². The molecule has 0 bridgehead atoms. The zero-order valence-electron chi connectivity index (χ0n) is 16.1. The minimum atomic E-state index is 0.376. The second-order valence-corrected chi connectivity index (χ2v) is 9.75. The molecule has 0 spiro atoms. The fraction of sp³-hybridized carbons (Fsp3) is 0.950. The highest BCUT2D eigenvalue weighted by Gasteiger charge is 2.41. The van der Waals surface area contributed by atoms with Crippen molar-refractivity contribution < 1.29 is 0 Å². The van der Waals surface area contributed by atoms with Gasteiger partial charge < -0.3 is 0 Å². The van der Waals surface area contributed by atoms with Gasteiger partial charge in [-0.2, -0.15) is 0 Å². The number of hydrogen-bond donors (Lipinski definition) is 0. The van der Waals surface area contributed by atoms with E-state index in [1.807, 2.05) is 5.92 Å². The highest BCUT2D eigenvalue weighted by molar-refractivity contribution is 5.09. The molecule has 20 heavy (non-hydrogen) atoms. The molecule has 0 aromatic carbocycles. The van der Waals surface area contributed by atoms with Crippen LogP contribution in [0.15, 0.2) is 0 Å². The van der Waals surface area contributed by atoms with Crippen LogP contribution in [0, 0.1) is 28.1 Å². The van der Waals surface area contributed by atoms with Crippen LogP contribution < -0.4 is 0 Å². The summed E-state index contributed by atoms with van der Waals surface area (Å²) < 4.78 is 0. The maximum absolute atomic E-state index is 2.53. The Morgan fingerprint density at radius 2 is 1.35 bits per heavy atom. The van der Waals surface area contributed by atoms with Crippen LogP contribution in [0.1, 0.15) is 101 Å². The second kappa shape index (κ2) is 7.32. The van der Waals surface area contributed by atoms with Crippen molar-refractivity contribution in [3.05, 3.63) is 5.92 Å². The van der Waals surface area contributed by atoms with Crippen LogP contribution in [-0.2, 0) is 0 Å². The van der Waals surface area contributed by atoms with Crippen molar-refractivity contribution in [1.82, 2.24) is 0 Å². The molecule has 0 saturated carbocycles. The zero-order chi connectivity index (χ0) is 16.2. The van der Waals surface area contributed by atoms with Gasteiger partial charge in [-0.1, -0.05) is 82.1 Å². The topological polar surface area (TPSA) is 0 Å². The first-order valence-corrected chi connectivity index (χ1v) is 8.67. The van der Waals surface area contributed by atoms with E-state index in [1.165, 1.54) is 32.1 Å². The molecule has 0 N–H and O–H groups in total. The molecule has 0 aromatic heterocycles. The third-order valence-corrected chi connectivity index (χ3v) is 4.56. The minimum Gasteiger partial charge on any atom is -0.0654 e. The molecule has 0 heteroatoms. The van der Waals surface area contributed by atoms with E-state index >= 15 is 0 Å². The molecule has 1 atom stereocenters. The van der Waals surface area contributed by atoms with E-state index in [0.29, 0.717) is 16.2 Å². The predicted octanol–water partition coefficient (Wildman–Crippen LogP) is 7.29. The predicted molar refractivity (Wildman–Crippen MR) is 93.9 cm³/mol. The zero-order valence-corrected chi connectivity index (χ0v) is 16.1. The van der Waals surface area contributed by atoms with Crippen LogP contribution >= 0.6 is 0 Å². The summed E-state index contributed by atoms with van der Waals surface area (Å²) in [5.41, 5.74) is 1.17. The average molecular weight is 282 g/mol. The van der Waals surface area contributed by atoms with Crippen molar-refractivity contribution in [2.24, 2.45) is 22.2 Å². The van der Waals surface area contributed by atoms with Gasteiger partial charge in [-0.25, -0.2) is 0 Å². The first kappa shape index (κ1) is 20.0. The van der Waals surface area contributed by atoms with Gasteiger partial charge in [0, 0.05) is 0 Å². The van der Waals surface area contributed by atoms with Gasteiger partial charge in [0.1, 0.15) is 0 Å². The van der Waals surface area contributed by atoms with Crippen molar-refractivity contribution in [1.29, 1.82) is 0 Å². The molecule has 0 nitrogen and oxygen atoms in total. The van der Waals surface area contributed by atoms with Crippen LogP contribution in [0.4, 0.5) is 0 Å². The smallest absolute Gasteiger partial charge is 0.0174 e. The summed E-state index contributed by atoms with van der Waals surface area (Å²) >= 11 is 0. The summed E-state index contributed by atoms with van der Waals surface area (Å²) in [6.07, 6.45) is 6.54. The molecule has 121 valence electrons. The molecule has 0 aliphatic heterocycles. The van der Waals surface area contributed by atoms with Crippen LogP contribution in [-0.4, -0.2) is 0 Å². The lowest BCUT2D eigenvalue weighted by Crippen LogP contribution is -2.37. The van der Waals surface area contributed by atoms with E-state index in [-0.39, 0.29) is 0 Å². The third kappa shape index (κ3) is 7.14. The van der Waals surface area contributed by atoms with Gasteiger partial charge in [-0.05, 0) is 47.3 Å². The molecule has 1 radical (unpaired) electrons. The van der Waals surface area contributed by atoms with Gasteiger partial charge in [0.05, 0.1) is 0 Å². The van der Waals surface area contributed by atoms with E-state index in [0.717, 1.165) is 5.92 Å². The largest absolute Gasteiger partial charge is 0.0654 e. The Bertz CT molecular complexity index is 261. The Morgan fingerprint density at radius 1 is 0.850 bits per heavy atom. The van der Waals surface area contributed by atoms with Crippen molar-refractivity contribution in [2.45, 2.75) is 101 Å². The molecule has 0 fully saturated rings. The SMILES string of the molecule is CCCC[C](CC(C)(C)C)C(C)(CC(C)(C)C)C(C)C. The highest BCUT2D eigenvalue weighted by Crippen LogP contribution is 2.51. The molecule has 0 aromatic rings. The standard InChI is InChI=1S/C20H41/c1-11-12-13-17(14-18(4,5)6)20(10,16(2)3)15-19(7,8)9/h16H,11-15H2,1-10H3. The normalized spacial score (nSPS) is 16.8. The van der Waals surface area contributed by atoms with E-state index in [2.05, 4.69) is 69.2 Å². The lowest BCUT2D eigenvalue weighted by Gasteiger charge is -2.47. The fourth-order valence-corrected chi connectivity index (χ4v) is 3.45. The molecular formula is C20H41. The maximum Gasteiger partial charge on any atom is -0.0174 e. The monoisotopic (exact) mass is 281 g/mol. The second-order valence-electron chi connectivity index (χ2n) is 9.75. The summed E-state index contributed by atoms with van der Waals surface area (Å²) in [6.45, 7) is 24.0. The molecule has 0 saturated heterocycles. The first-order chi connectivity index (χ1) is 8.82. The quantitative estimate of drug-likeness (QED) is 0.459. The summed E-state index contributed by atoms with van der Waals surface area (Å²) in [5.74, 6) is 2.53. The molecular weight excluding hydrogens is 240 g/mol. The van der Waals surface area contributed by atoms with E-state index in [4.69, 9.17) is 0 Å². The van der Waals surface area contributed by atoms with Crippen molar-refractivity contribution in [3.8, 4) is 0 Å². The van der Waals surface area contributed by atoms with Crippen LogP contribution in [0.5, 0.6) is 0 Å². The third-order valence-electron chi connectivity index (χ3n) is 4.56.